The number of aryl methyl sites for hydroxylation is 1. The number of benzene rings is 2. The van der Waals surface area contributed by atoms with E-state index in [1.54, 1.807) is 24.3 Å². The normalized spacial score (nSPS) is 13.6. The summed E-state index contributed by atoms with van der Waals surface area (Å²) in [6.45, 7) is 3.27. The van der Waals surface area contributed by atoms with Crippen molar-refractivity contribution in [3.8, 4) is 5.75 Å². The van der Waals surface area contributed by atoms with Crippen molar-refractivity contribution in [3.63, 3.8) is 0 Å². The molecule has 5 N–H and O–H groups in total. The second kappa shape index (κ2) is 9.32. The van der Waals surface area contributed by atoms with E-state index in [1.165, 1.54) is 18.1 Å². The molecule has 28 heavy (non-hydrogen) atoms. The van der Waals surface area contributed by atoms with Gasteiger partial charge in [-0.05, 0) is 43.7 Å². The molecule has 0 aliphatic rings. The van der Waals surface area contributed by atoms with Crippen LogP contribution in [0.4, 0.5) is 5.69 Å². The van der Waals surface area contributed by atoms with E-state index in [4.69, 9.17) is 20.3 Å². The van der Waals surface area contributed by atoms with Gasteiger partial charge in [-0.2, -0.15) is 0 Å². The molecular weight excluding hydrogens is 383 g/mol. The van der Waals surface area contributed by atoms with Crippen molar-refractivity contribution < 1.29 is 28.4 Å². The molecule has 1 amide bonds. The quantitative estimate of drug-likeness (QED) is 0.469. The molecule has 0 aliphatic heterocycles. The topological polar surface area (TPSA) is 131 Å². The molecule has 0 unspecified atom stereocenters. The van der Waals surface area contributed by atoms with E-state index in [9.17, 15) is 9.36 Å². The molecule has 0 aliphatic carbocycles. The highest BCUT2D eigenvalue weighted by Gasteiger charge is 2.32. The zero-order chi connectivity index (χ0) is 20.8. The minimum absolute atomic E-state index is 0.476. The van der Waals surface area contributed by atoms with Crippen LogP contribution in [0.5, 0.6) is 5.75 Å². The van der Waals surface area contributed by atoms with E-state index in [1.807, 2.05) is 19.1 Å². The predicted molar refractivity (Wildman–Crippen MR) is 106 cm³/mol. The second-order valence-corrected chi connectivity index (χ2v) is 7.99. The summed E-state index contributed by atoms with van der Waals surface area (Å²) in [5.74, 6) is 0.0278. The molecule has 2 rings (SSSR count). The number of anilines is 1. The standard InChI is InChI=1S/C19H25N2O6P/c1-14-4-3-5-15(12-14)10-11-26-17-8-6-16(7-9-17)21-18(22)19(2,20)13-27-28(23,24)25/h3-9,12H,10-11,13,20H2,1-2H3,(H,21,22)(H2,23,24,25)/t19-/m0/s1. The monoisotopic (exact) mass is 408 g/mol. The number of hydrogen-bond donors (Lipinski definition) is 4. The molecule has 0 aromatic heterocycles. The molecule has 0 radical (unpaired) electrons. The Morgan fingerprint density at radius 3 is 2.50 bits per heavy atom. The lowest BCUT2D eigenvalue weighted by molar-refractivity contribution is -0.121. The number of amides is 1. The van der Waals surface area contributed by atoms with Gasteiger partial charge < -0.3 is 25.6 Å². The van der Waals surface area contributed by atoms with Gasteiger partial charge in [0.2, 0.25) is 5.91 Å². The van der Waals surface area contributed by atoms with Crippen LogP contribution >= 0.6 is 7.82 Å². The average Bonchev–Trinajstić information content (AvgIpc) is 2.61. The third kappa shape index (κ3) is 7.42. The summed E-state index contributed by atoms with van der Waals surface area (Å²) < 4.78 is 20.8. The first-order valence-corrected chi connectivity index (χ1v) is 10.2. The lowest BCUT2D eigenvalue weighted by Gasteiger charge is -2.23. The first kappa shape index (κ1) is 22.1. The van der Waals surface area contributed by atoms with Gasteiger partial charge in [-0.25, -0.2) is 4.57 Å². The number of carbonyl (C=O) groups is 1. The maximum Gasteiger partial charge on any atom is 0.469 e. The number of carbonyl (C=O) groups excluding carboxylic acids is 1. The van der Waals surface area contributed by atoms with Crippen molar-refractivity contribution in [1.82, 2.24) is 0 Å². The van der Waals surface area contributed by atoms with Gasteiger partial charge in [0.25, 0.3) is 0 Å². The number of nitrogens with one attached hydrogen (secondary N) is 1. The lowest BCUT2D eigenvalue weighted by Crippen LogP contribution is -2.52. The molecule has 0 spiro atoms. The number of rotatable bonds is 9. The fourth-order valence-corrected chi connectivity index (χ4v) is 2.78. The molecule has 0 heterocycles. The minimum atomic E-state index is -4.70. The Kier molecular flexibility index (Phi) is 7.35. The van der Waals surface area contributed by atoms with Crippen LogP contribution in [0.3, 0.4) is 0 Å². The maximum absolute atomic E-state index is 12.2. The zero-order valence-electron chi connectivity index (χ0n) is 15.8. The number of ether oxygens (including phenoxy) is 1. The summed E-state index contributed by atoms with van der Waals surface area (Å²) >= 11 is 0. The van der Waals surface area contributed by atoms with E-state index in [2.05, 4.69) is 22.0 Å². The first-order chi connectivity index (χ1) is 13.0. The summed E-state index contributed by atoms with van der Waals surface area (Å²) in [6, 6.07) is 15.0. The summed E-state index contributed by atoms with van der Waals surface area (Å²) in [4.78, 5) is 29.6. The molecular formula is C19H25N2O6P. The fourth-order valence-electron chi connectivity index (χ4n) is 2.35. The number of phosphoric ester groups is 1. The molecule has 2 aromatic carbocycles. The van der Waals surface area contributed by atoms with Crippen LogP contribution < -0.4 is 15.8 Å². The number of nitrogens with two attached hydrogens (primary N) is 1. The predicted octanol–water partition coefficient (Wildman–Crippen LogP) is 2.38. The van der Waals surface area contributed by atoms with Crippen LogP contribution in [-0.2, 0) is 20.3 Å². The molecule has 0 saturated carbocycles. The second-order valence-electron chi connectivity index (χ2n) is 6.75. The molecule has 0 saturated heterocycles. The van der Waals surface area contributed by atoms with E-state index in [0.717, 1.165) is 6.42 Å². The zero-order valence-corrected chi connectivity index (χ0v) is 16.7. The van der Waals surface area contributed by atoms with Gasteiger partial charge >= 0.3 is 7.82 Å². The minimum Gasteiger partial charge on any atom is -0.493 e. The Hall–Kier alpha value is -2.22. The van der Waals surface area contributed by atoms with Crippen LogP contribution in [0.2, 0.25) is 0 Å². The van der Waals surface area contributed by atoms with Gasteiger partial charge in [0.15, 0.2) is 0 Å². The number of hydrogen-bond acceptors (Lipinski definition) is 5. The first-order valence-electron chi connectivity index (χ1n) is 8.64. The molecule has 9 heteroatoms. The van der Waals surface area contributed by atoms with Gasteiger partial charge in [-0.1, -0.05) is 29.8 Å². The van der Waals surface area contributed by atoms with E-state index in [0.29, 0.717) is 18.0 Å². The van der Waals surface area contributed by atoms with Gasteiger partial charge in [0.1, 0.15) is 11.3 Å². The smallest absolute Gasteiger partial charge is 0.469 e. The molecule has 152 valence electrons. The van der Waals surface area contributed by atoms with Crippen LogP contribution in [0.1, 0.15) is 18.1 Å². The molecule has 2 aromatic rings. The third-order valence-electron chi connectivity index (χ3n) is 3.91. The summed E-state index contributed by atoms with van der Waals surface area (Å²) in [5, 5.41) is 2.58. The third-order valence-corrected chi connectivity index (χ3v) is 4.37. The highest BCUT2D eigenvalue weighted by molar-refractivity contribution is 7.46. The Morgan fingerprint density at radius 1 is 1.21 bits per heavy atom. The highest BCUT2D eigenvalue weighted by Crippen LogP contribution is 2.36. The average molecular weight is 408 g/mol. The van der Waals surface area contributed by atoms with Crippen molar-refractivity contribution in [2.75, 3.05) is 18.5 Å². The van der Waals surface area contributed by atoms with Crippen molar-refractivity contribution >= 4 is 19.4 Å². The van der Waals surface area contributed by atoms with Gasteiger partial charge in [-0.3, -0.25) is 9.32 Å². The van der Waals surface area contributed by atoms with Gasteiger partial charge in [0, 0.05) is 12.1 Å². The maximum atomic E-state index is 12.2. The van der Waals surface area contributed by atoms with Crippen molar-refractivity contribution in [2.45, 2.75) is 25.8 Å². The molecule has 0 bridgehead atoms. The van der Waals surface area contributed by atoms with E-state index >= 15 is 0 Å². The largest absolute Gasteiger partial charge is 0.493 e. The Bertz CT molecular complexity index is 848. The highest BCUT2D eigenvalue weighted by atomic mass is 31.2. The van der Waals surface area contributed by atoms with Crippen molar-refractivity contribution in [2.24, 2.45) is 5.73 Å². The van der Waals surface area contributed by atoms with Gasteiger partial charge in [0.05, 0.1) is 13.2 Å². The summed E-state index contributed by atoms with van der Waals surface area (Å²) in [5.41, 5.74) is 7.04. The fraction of sp³-hybridized carbons (Fsp3) is 0.316. The SMILES string of the molecule is Cc1cccc(CCOc2ccc(NC(=O)[C@@](C)(N)COP(=O)(O)O)cc2)c1. The van der Waals surface area contributed by atoms with Crippen molar-refractivity contribution in [1.29, 1.82) is 0 Å². The molecule has 1 atom stereocenters. The molecule has 8 nitrogen and oxygen atoms in total. The molecule has 0 fully saturated rings. The summed E-state index contributed by atoms with van der Waals surface area (Å²) in [7, 11) is -4.70. The van der Waals surface area contributed by atoms with E-state index in [-0.39, 0.29) is 0 Å². The van der Waals surface area contributed by atoms with Gasteiger partial charge in [-0.15, -0.1) is 0 Å². The van der Waals surface area contributed by atoms with Crippen LogP contribution in [0.25, 0.3) is 0 Å². The van der Waals surface area contributed by atoms with Crippen LogP contribution in [0, 0.1) is 6.92 Å². The number of phosphoric acid groups is 1. The van der Waals surface area contributed by atoms with E-state index < -0.39 is 25.9 Å². The Labute approximate surface area is 163 Å². The van der Waals surface area contributed by atoms with Crippen LogP contribution in [-0.4, -0.2) is 34.4 Å². The van der Waals surface area contributed by atoms with Crippen molar-refractivity contribution in [3.05, 3.63) is 59.7 Å². The Balaban J connectivity index is 1.84. The Morgan fingerprint density at radius 2 is 1.89 bits per heavy atom. The summed E-state index contributed by atoms with van der Waals surface area (Å²) in [6.07, 6.45) is 0.783. The van der Waals surface area contributed by atoms with Crippen LogP contribution in [0.15, 0.2) is 48.5 Å². The lowest BCUT2D eigenvalue weighted by atomic mass is 10.0.